The van der Waals surface area contributed by atoms with Crippen LogP contribution in [0.3, 0.4) is 0 Å². The number of carbonyl (C=O) groups excluding carboxylic acids is 1. The number of aromatic nitrogens is 1. The number of anilines is 1. The molecule has 1 amide bonds. The van der Waals surface area contributed by atoms with Crippen LogP contribution < -0.4 is 14.8 Å². The van der Waals surface area contributed by atoms with Gasteiger partial charge < -0.3 is 9.47 Å². The number of rotatable bonds is 6. The zero-order chi connectivity index (χ0) is 17.8. The highest BCUT2D eigenvalue weighted by Gasteiger charge is 2.12. The minimum Gasteiger partial charge on any atom is -0.497 e. The van der Waals surface area contributed by atoms with Crippen molar-refractivity contribution in [2.45, 2.75) is 0 Å². The van der Waals surface area contributed by atoms with Crippen molar-refractivity contribution < 1.29 is 19.2 Å². The van der Waals surface area contributed by atoms with E-state index in [2.05, 4.69) is 10.3 Å². The summed E-state index contributed by atoms with van der Waals surface area (Å²) >= 11 is 1.23. The summed E-state index contributed by atoms with van der Waals surface area (Å²) in [6.45, 7) is -0.178. The van der Waals surface area contributed by atoms with Crippen molar-refractivity contribution in [1.82, 2.24) is 4.98 Å². The van der Waals surface area contributed by atoms with Crippen molar-refractivity contribution in [1.29, 1.82) is 0 Å². The number of carbonyl (C=O) groups is 1. The average molecular weight is 359 g/mol. The van der Waals surface area contributed by atoms with Gasteiger partial charge in [0.15, 0.2) is 11.7 Å². The predicted octanol–water partition coefficient (Wildman–Crippen LogP) is 3.23. The quantitative estimate of drug-likeness (QED) is 0.535. The zero-order valence-electron chi connectivity index (χ0n) is 13.1. The number of nitro benzene ring substituents is 1. The monoisotopic (exact) mass is 359 g/mol. The van der Waals surface area contributed by atoms with Gasteiger partial charge in [-0.25, -0.2) is 4.98 Å². The van der Waals surface area contributed by atoms with Gasteiger partial charge >= 0.3 is 0 Å². The van der Waals surface area contributed by atoms with Crippen LogP contribution in [0.2, 0.25) is 0 Å². The second-order valence-electron chi connectivity index (χ2n) is 4.94. The molecule has 0 saturated carbocycles. The number of fused-ring (bicyclic) bond motifs is 1. The van der Waals surface area contributed by atoms with Crippen molar-refractivity contribution in [3.63, 3.8) is 0 Å². The topological polar surface area (TPSA) is 104 Å². The molecule has 1 N–H and O–H groups in total. The van der Waals surface area contributed by atoms with Crippen LogP contribution >= 0.6 is 11.3 Å². The predicted molar refractivity (Wildman–Crippen MR) is 93.4 cm³/mol. The lowest BCUT2D eigenvalue weighted by molar-refractivity contribution is -0.384. The van der Waals surface area contributed by atoms with E-state index in [1.807, 2.05) is 0 Å². The molecule has 3 aromatic rings. The Labute approximate surface area is 146 Å². The second kappa shape index (κ2) is 7.14. The number of thiazole rings is 1. The first-order valence-electron chi connectivity index (χ1n) is 7.17. The standard InChI is InChI=1S/C16H13N3O5S/c1-23-11-3-5-12(6-4-11)24-9-15(20)18-16-17-13-8-10(19(21)22)2-7-14(13)25-16/h2-8H,9H2,1H3,(H,17,18,20). The Bertz CT molecular complexity index is 923. The molecule has 0 saturated heterocycles. The molecule has 0 aliphatic rings. The number of nitrogens with zero attached hydrogens (tertiary/aromatic N) is 2. The molecule has 0 radical (unpaired) electrons. The Balaban J connectivity index is 1.62. The van der Waals surface area contributed by atoms with E-state index in [0.29, 0.717) is 22.1 Å². The summed E-state index contributed by atoms with van der Waals surface area (Å²) in [5.74, 6) is 0.862. The largest absolute Gasteiger partial charge is 0.497 e. The first-order valence-corrected chi connectivity index (χ1v) is 7.98. The Hall–Kier alpha value is -3.20. The van der Waals surface area contributed by atoms with Crippen molar-refractivity contribution in [3.05, 3.63) is 52.6 Å². The number of amides is 1. The number of ether oxygens (including phenoxy) is 2. The van der Waals surface area contributed by atoms with Crippen molar-refractivity contribution in [2.24, 2.45) is 0 Å². The summed E-state index contributed by atoms with van der Waals surface area (Å²) in [6, 6.07) is 11.2. The van der Waals surface area contributed by atoms with E-state index in [-0.39, 0.29) is 18.2 Å². The summed E-state index contributed by atoms with van der Waals surface area (Å²) in [4.78, 5) is 26.4. The molecule has 0 aliphatic carbocycles. The van der Waals surface area contributed by atoms with Crippen LogP contribution in [0.4, 0.5) is 10.8 Å². The van der Waals surface area contributed by atoms with E-state index in [0.717, 1.165) is 4.70 Å². The molecule has 0 aliphatic heterocycles. The molecular formula is C16H13N3O5S. The normalized spacial score (nSPS) is 10.4. The lowest BCUT2D eigenvalue weighted by Gasteiger charge is -2.06. The van der Waals surface area contributed by atoms with Crippen LogP contribution in [0.25, 0.3) is 10.2 Å². The fourth-order valence-corrected chi connectivity index (χ4v) is 2.92. The molecule has 8 nitrogen and oxygen atoms in total. The van der Waals surface area contributed by atoms with Gasteiger partial charge in [0, 0.05) is 12.1 Å². The molecule has 9 heteroatoms. The van der Waals surface area contributed by atoms with Crippen molar-refractivity contribution in [2.75, 3.05) is 19.0 Å². The lowest BCUT2D eigenvalue weighted by Crippen LogP contribution is -2.19. The number of methoxy groups -OCH3 is 1. The second-order valence-corrected chi connectivity index (χ2v) is 5.97. The van der Waals surface area contributed by atoms with E-state index in [1.165, 1.54) is 23.5 Å². The maximum Gasteiger partial charge on any atom is 0.271 e. The number of nitrogens with one attached hydrogen (secondary N) is 1. The van der Waals surface area contributed by atoms with Crippen molar-refractivity contribution in [3.8, 4) is 11.5 Å². The van der Waals surface area contributed by atoms with Crippen LogP contribution in [-0.2, 0) is 4.79 Å². The van der Waals surface area contributed by atoms with E-state index < -0.39 is 4.92 Å². The third kappa shape index (κ3) is 4.01. The van der Waals surface area contributed by atoms with E-state index in [9.17, 15) is 14.9 Å². The Morgan fingerprint density at radius 3 is 2.64 bits per heavy atom. The number of hydrogen-bond donors (Lipinski definition) is 1. The number of benzene rings is 2. The number of nitro groups is 1. The summed E-state index contributed by atoms with van der Waals surface area (Å²) < 4.78 is 11.2. The summed E-state index contributed by atoms with van der Waals surface area (Å²) in [5, 5.41) is 13.8. The van der Waals surface area contributed by atoms with Gasteiger partial charge in [0.05, 0.1) is 22.2 Å². The van der Waals surface area contributed by atoms with Gasteiger partial charge in [-0.3, -0.25) is 20.2 Å². The highest BCUT2D eigenvalue weighted by molar-refractivity contribution is 7.22. The fraction of sp³-hybridized carbons (Fsp3) is 0.125. The molecule has 0 unspecified atom stereocenters. The van der Waals surface area contributed by atoms with E-state index in [1.54, 1.807) is 37.4 Å². The molecule has 0 bridgehead atoms. The van der Waals surface area contributed by atoms with Crippen LogP contribution in [0.5, 0.6) is 11.5 Å². The molecule has 25 heavy (non-hydrogen) atoms. The molecule has 0 fully saturated rings. The van der Waals surface area contributed by atoms with Crippen LogP contribution in [0, 0.1) is 10.1 Å². The van der Waals surface area contributed by atoms with E-state index in [4.69, 9.17) is 9.47 Å². The Morgan fingerprint density at radius 1 is 1.24 bits per heavy atom. The van der Waals surface area contributed by atoms with Gasteiger partial charge in [0.1, 0.15) is 11.5 Å². The zero-order valence-corrected chi connectivity index (χ0v) is 13.9. The third-order valence-corrected chi connectivity index (χ3v) is 4.21. The summed E-state index contributed by atoms with van der Waals surface area (Å²) in [6.07, 6.45) is 0. The maximum atomic E-state index is 12.0. The SMILES string of the molecule is COc1ccc(OCC(=O)Nc2nc3cc([N+](=O)[O-])ccc3s2)cc1. The molecule has 3 rings (SSSR count). The smallest absolute Gasteiger partial charge is 0.271 e. The minimum absolute atomic E-state index is 0.0430. The van der Waals surface area contributed by atoms with Gasteiger partial charge in [-0.2, -0.15) is 0 Å². The summed E-state index contributed by atoms with van der Waals surface area (Å²) in [7, 11) is 1.57. The maximum absolute atomic E-state index is 12.0. The van der Waals surface area contributed by atoms with Gasteiger partial charge in [0.25, 0.3) is 11.6 Å². The Kier molecular flexibility index (Phi) is 4.75. The van der Waals surface area contributed by atoms with Gasteiger partial charge in [0.2, 0.25) is 0 Å². The lowest BCUT2D eigenvalue weighted by atomic mass is 10.3. The van der Waals surface area contributed by atoms with Crippen LogP contribution in [-0.4, -0.2) is 29.5 Å². The minimum atomic E-state index is -0.486. The molecule has 128 valence electrons. The summed E-state index contributed by atoms with van der Waals surface area (Å²) in [5.41, 5.74) is 0.420. The molecule has 0 atom stereocenters. The Morgan fingerprint density at radius 2 is 1.96 bits per heavy atom. The molecule has 0 spiro atoms. The van der Waals surface area contributed by atoms with Crippen molar-refractivity contribution >= 4 is 38.3 Å². The highest BCUT2D eigenvalue weighted by Crippen LogP contribution is 2.28. The van der Waals surface area contributed by atoms with E-state index >= 15 is 0 Å². The van der Waals surface area contributed by atoms with Crippen LogP contribution in [0.15, 0.2) is 42.5 Å². The fourth-order valence-electron chi connectivity index (χ4n) is 2.06. The highest BCUT2D eigenvalue weighted by atomic mass is 32.1. The van der Waals surface area contributed by atoms with Gasteiger partial charge in [-0.15, -0.1) is 0 Å². The van der Waals surface area contributed by atoms with Gasteiger partial charge in [-0.1, -0.05) is 11.3 Å². The first kappa shape index (κ1) is 16.7. The molecule has 2 aromatic carbocycles. The average Bonchev–Trinajstić information content (AvgIpc) is 3.01. The van der Waals surface area contributed by atoms with Crippen LogP contribution in [0.1, 0.15) is 0 Å². The third-order valence-electron chi connectivity index (χ3n) is 3.26. The number of non-ortho nitro benzene ring substituents is 1. The molecule has 1 heterocycles. The number of hydrogen-bond acceptors (Lipinski definition) is 7. The first-order chi connectivity index (χ1) is 12.0. The van der Waals surface area contributed by atoms with Gasteiger partial charge in [-0.05, 0) is 30.3 Å². The molecule has 1 aromatic heterocycles. The molecular weight excluding hydrogens is 346 g/mol.